The van der Waals surface area contributed by atoms with Crippen LogP contribution in [0, 0.1) is 0 Å². The number of aliphatic hydroxyl groups is 2. The van der Waals surface area contributed by atoms with E-state index >= 15 is 0 Å². The largest absolute Gasteiger partial charge is 0.491 e. The van der Waals surface area contributed by atoms with Crippen LogP contribution in [0.5, 0.6) is 5.75 Å². The van der Waals surface area contributed by atoms with Crippen LogP contribution in [0.2, 0.25) is 0 Å². The third kappa shape index (κ3) is 5.33. The van der Waals surface area contributed by atoms with Crippen molar-refractivity contribution in [1.29, 1.82) is 0 Å². The van der Waals surface area contributed by atoms with Crippen molar-refractivity contribution < 1.29 is 19.7 Å². The number of nitrogens with zero attached hydrogens (tertiary/aromatic N) is 5. The number of anilines is 3. The minimum atomic E-state index is -0.987. The van der Waals surface area contributed by atoms with Crippen molar-refractivity contribution in [3.8, 4) is 5.75 Å². The number of amides is 2. The standard InChI is InChI=1S/C25H30N6O4/c1-4-17(11-16(2)26-3)21-5-6-22-24(28-21)31(18-8-10-30(22)13-18)25(34)29-23-12-20(7-9-27-23)35-15-19(33)14-32/h4-7,9,11-12,18-19,32-33H,1,8,10,13-15H2,2-3H3,(H,27,29,34)/b17-11+,26-16-/t18-,19-/m0/s1. The van der Waals surface area contributed by atoms with Crippen molar-refractivity contribution in [2.24, 2.45) is 4.99 Å². The van der Waals surface area contributed by atoms with Crippen LogP contribution in [0.25, 0.3) is 5.57 Å². The highest BCUT2D eigenvalue weighted by Crippen LogP contribution is 2.40. The van der Waals surface area contributed by atoms with E-state index in [9.17, 15) is 9.90 Å². The van der Waals surface area contributed by atoms with Crippen LogP contribution in [0.15, 0.2) is 54.2 Å². The summed E-state index contributed by atoms with van der Waals surface area (Å²) in [5.74, 6) is 1.32. The molecule has 10 nitrogen and oxygen atoms in total. The van der Waals surface area contributed by atoms with Crippen molar-refractivity contribution in [3.63, 3.8) is 0 Å². The van der Waals surface area contributed by atoms with Crippen molar-refractivity contribution in [2.75, 3.05) is 48.5 Å². The van der Waals surface area contributed by atoms with E-state index in [1.165, 1.54) is 6.20 Å². The lowest BCUT2D eigenvalue weighted by Crippen LogP contribution is -2.48. The number of hydrogen-bond donors (Lipinski definition) is 3. The van der Waals surface area contributed by atoms with E-state index in [0.29, 0.717) is 23.1 Å². The number of rotatable bonds is 8. The Kier molecular flexibility index (Phi) is 7.42. The third-order valence-electron chi connectivity index (χ3n) is 6.02. The Labute approximate surface area is 204 Å². The van der Waals surface area contributed by atoms with Crippen LogP contribution >= 0.6 is 0 Å². The maximum atomic E-state index is 13.5. The first-order valence-electron chi connectivity index (χ1n) is 11.4. The number of nitrogens with one attached hydrogen (secondary N) is 1. The first-order chi connectivity index (χ1) is 16.9. The van der Waals surface area contributed by atoms with Gasteiger partial charge in [0, 0.05) is 43.7 Å². The average Bonchev–Trinajstić information content (AvgIpc) is 3.29. The van der Waals surface area contributed by atoms with Crippen LogP contribution in [0.4, 0.5) is 22.1 Å². The van der Waals surface area contributed by atoms with Gasteiger partial charge in [0.25, 0.3) is 0 Å². The van der Waals surface area contributed by atoms with Gasteiger partial charge in [-0.25, -0.2) is 14.8 Å². The van der Waals surface area contributed by atoms with E-state index in [0.717, 1.165) is 36.5 Å². The van der Waals surface area contributed by atoms with Crippen molar-refractivity contribution in [1.82, 2.24) is 9.97 Å². The predicted octanol–water partition coefficient (Wildman–Crippen LogP) is 2.50. The highest BCUT2D eigenvalue weighted by atomic mass is 16.5. The lowest BCUT2D eigenvalue weighted by Gasteiger charge is -2.35. The zero-order valence-electron chi connectivity index (χ0n) is 19.9. The number of aromatic nitrogens is 2. The van der Waals surface area contributed by atoms with E-state index in [-0.39, 0.29) is 18.7 Å². The number of aliphatic imine (C=N–C) groups is 1. The molecule has 2 aromatic rings. The fourth-order valence-electron chi connectivity index (χ4n) is 4.14. The molecule has 0 saturated carbocycles. The van der Waals surface area contributed by atoms with Gasteiger partial charge in [-0.2, -0.15) is 0 Å². The highest BCUT2D eigenvalue weighted by Gasteiger charge is 2.40. The van der Waals surface area contributed by atoms with Crippen LogP contribution in [-0.4, -0.2) is 77.4 Å². The van der Waals surface area contributed by atoms with E-state index < -0.39 is 12.7 Å². The Morgan fingerprint density at radius 3 is 3.00 bits per heavy atom. The molecule has 10 heteroatoms. The van der Waals surface area contributed by atoms with Gasteiger partial charge in [-0.05, 0) is 37.6 Å². The van der Waals surface area contributed by atoms with Crippen LogP contribution in [0.1, 0.15) is 19.0 Å². The number of hydrogen-bond acceptors (Lipinski definition) is 8. The molecule has 2 aliphatic rings. The summed E-state index contributed by atoms with van der Waals surface area (Å²) >= 11 is 0. The highest BCUT2D eigenvalue weighted by molar-refractivity contribution is 6.05. The van der Waals surface area contributed by atoms with E-state index in [1.54, 1.807) is 30.2 Å². The second-order valence-corrected chi connectivity index (χ2v) is 8.42. The van der Waals surface area contributed by atoms with Gasteiger partial charge in [0.05, 0.1) is 24.0 Å². The summed E-state index contributed by atoms with van der Waals surface area (Å²) in [5.41, 5.74) is 3.28. The topological polar surface area (TPSA) is 123 Å². The Balaban J connectivity index is 1.61. The maximum absolute atomic E-state index is 13.5. The molecule has 2 atom stereocenters. The van der Waals surface area contributed by atoms with Gasteiger partial charge < -0.3 is 19.8 Å². The zero-order valence-corrected chi connectivity index (χ0v) is 19.9. The zero-order chi connectivity index (χ0) is 24.9. The minimum absolute atomic E-state index is 0.0144. The van der Waals surface area contributed by atoms with Gasteiger partial charge >= 0.3 is 6.03 Å². The summed E-state index contributed by atoms with van der Waals surface area (Å²) in [5, 5.41) is 21.3. The van der Waals surface area contributed by atoms with Gasteiger partial charge in [0.15, 0.2) is 5.82 Å². The number of pyridine rings is 2. The second-order valence-electron chi connectivity index (χ2n) is 8.42. The fourth-order valence-corrected chi connectivity index (χ4v) is 4.14. The van der Waals surface area contributed by atoms with E-state index in [2.05, 4.69) is 26.8 Å². The molecule has 0 aliphatic carbocycles. The first-order valence-corrected chi connectivity index (χ1v) is 11.4. The number of carbonyl (C=O) groups excluding carboxylic acids is 1. The Bertz CT molecular complexity index is 1160. The molecule has 0 aromatic carbocycles. The number of urea groups is 1. The van der Waals surface area contributed by atoms with Gasteiger partial charge in [-0.1, -0.05) is 12.7 Å². The van der Waals surface area contributed by atoms with Crippen LogP contribution in [0.3, 0.4) is 0 Å². The molecular weight excluding hydrogens is 448 g/mol. The van der Waals surface area contributed by atoms with Crippen molar-refractivity contribution >= 4 is 34.6 Å². The Hall–Kier alpha value is -3.76. The molecule has 4 heterocycles. The molecule has 0 unspecified atom stereocenters. The molecule has 2 aromatic heterocycles. The number of carbonyl (C=O) groups is 1. The minimum Gasteiger partial charge on any atom is -0.491 e. The average molecular weight is 479 g/mol. The molecule has 0 radical (unpaired) electrons. The lowest BCUT2D eigenvalue weighted by molar-refractivity contribution is 0.0536. The smallest absolute Gasteiger partial charge is 0.329 e. The van der Waals surface area contributed by atoms with Gasteiger partial charge in [0.1, 0.15) is 24.3 Å². The summed E-state index contributed by atoms with van der Waals surface area (Å²) in [6.07, 6.45) is 4.99. The van der Waals surface area contributed by atoms with Crippen LogP contribution in [-0.2, 0) is 0 Å². The number of allylic oxidation sites excluding steroid dienone is 3. The van der Waals surface area contributed by atoms with Gasteiger partial charge in [-0.3, -0.25) is 15.2 Å². The van der Waals surface area contributed by atoms with Gasteiger partial charge in [0.2, 0.25) is 0 Å². The molecule has 3 N–H and O–H groups in total. The van der Waals surface area contributed by atoms with Crippen molar-refractivity contribution in [3.05, 3.63) is 54.9 Å². The lowest BCUT2D eigenvalue weighted by atomic mass is 10.1. The number of fused-ring (bicyclic) bond motifs is 4. The molecule has 1 saturated heterocycles. The summed E-state index contributed by atoms with van der Waals surface area (Å²) in [4.78, 5) is 30.7. The summed E-state index contributed by atoms with van der Waals surface area (Å²) in [6, 6.07) is 6.77. The molecule has 184 valence electrons. The first kappa shape index (κ1) is 24.4. The summed E-state index contributed by atoms with van der Waals surface area (Å²) < 4.78 is 5.47. The molecule has 2 amide bonds. The monoisotopic (exact) mass is 478 g/mol. The predicted molar refractivity (Wildman–Crippen MR) is 136 cm³/mol. The summed E-state index contributed by atoms with van der Waals surface area (Å²) in [7, 11) is 1.73. The molecule has 4 rings (SSSR count). The molecule has 1 fully saturated rings. The second kappa shape index (κ2) is 10.7. The van der Waals surface area contributed by atoms with E-state index in [1.807, 2.05) is 25.1 Å². The summed E-state index contributed by atoms with van der Waals surface area (Å²) in [6.45, 7) is 6.94. The normalized spacial score (nSPS) is 18.2. The SMILES string of the molecule is C=C/C(=C\C(C)=N/C)c1ccc2c(n1)N(C(=O)Nc1cc(OC[C@@H](O)CO)ccn1)[C@H]1CCN2C1. The molecular formula is C25H30N6O4. The van der Waals surface area contributed by atoms with Crippen LogP contribution < -0.4 is 19.9 Å². The number of ether oxygens (including phenoxy) is 1. The quantitative estimate of drug-likeness (QED) is 0.393. The third-order valence-corrected chi connectivity index (χ3v) is 6.02. The molecule has 0 spiro atoms. The van der Waals surface area contributed by atoms with Crippen molar-refractivity contribution in [2.45, 2.75) is 25.5 Å². The van der Waals surface area contributed by atoms with E-state index in [4.69, 9.17) is 14.8 Å². The number of aliphatic hydroxyl groups excluding tert-OH is 2. The Morgan fingerprint density at radius 2 is 2.26 bits per heavy atom. The Morgan fingerprint density at radius 1 is 1.43 bits per heavy atom. The molecule has 2 aliphatic heterocycles. The van der Waals surface area contributed by atoms with Gasteiger partial charge in [-0.15, -0.1) is 0 Å². The fraction of sp³-hybridized carbons (Fsp3) is 0.360. The molecule has 35 heavy (non-hydrogen) atoms. The maximum Gasteiger partial charge on any atom is 0.329 e. The molecule has 2 bridgehead atoms.